The Morgan fingerprint density at radius 2 is 1.68 bits per heavy atom. The number of hydrogen-bond acceptors (Lipinski definition) is 3. The van der Waals surface area contributed by atoms with Gasteiger partial charge in [0.15, 0.2) is 0 Å². The standard InChI is InChI=1S/C31H35N3O3/c1-18-6-3-4-7-23(18)28-32-26(10-11-31-15-20-12-21(16-31)14-22(13-20)17-31)27(34-28)29(35)33-25-9-5-8-24(19(25)2)30(36)37/h3-9,20-22H,10-17H2,1-2H3,(H,32,34)(H,33,35)(H,36,37). The first-order chi connectivity index (χ1) is 17.8. The maximum Gasteiger partial charge on any atom is 0.336 e. The lowest BCUT2D eigenvalue weighted by molar-refractivity contribution is -0.0570. The second-order valence-corrected chi connectivity index (χ2v) is 11.9. The Labute approximate surface area is 217 Å². The normalized spacial score (nSPS) is 25.8. The lowest BCUT2D eigenvalue weighted by Crippen LogP contribution is -2.46. The third-order valence-electron chi connectivity index (χ3n) is 9.28. The molecule has 0 aliphatic heterocycles. The Hall–Kier alpha value is -3.41. The van der Waals surface area contributed by atoms with E-state index in [1.54, 1.807) is 25.1 Å². The van der Waals surface area contributed by atoms with Gasteiger partial charge >= 0.3 is 5.97 Å². The van der Waals surface area contributed by atoms with Gasteiger partial charge in [-0.2, -0.15) is 0 Å². The molecule has 37 heavy (non-hydrogen) atoms. The summed E-state index contributed by atoms with van der Waals surface area (Å²) in [6.07, 6.45) is 10.1. The van der Waals surface area contributed by atoms with Crippen molar-refractivity contribution in [2.24, 2.45) is 23.2 Å². The van der Waals surface area contributed by atoms with E-state index in [0.717, 1.165) is 47.4 Å². The molecule has 3 aromatic rings. The first kappa shape index (κ1) is 24.0. The molecule has 1 aromatic heterocycles. The number of carboxylic acids is 1. The number of aryl methyl sites for hydroxylation is 2. The second kappa shape index (κ2) is 9.16. The van der Waals surface area contributed by atoms with Crippen LogP contribution < -0.4 is 5.32 Å². The number of carbonyl (C=O) groups is 2. The molecule has 4 fully saturated rings. The van der Waals surface area contributed by atoms with Gasteiger partial charge < -0.3 is 15.4 Å². The van der Waals surface area contributed by atoms with Crippen LogP contribution in [0.25, 0.3) is 11.4 Å². The van der Waals surface area contributed by atoms with Crippen molar-refractivity contribution < 1.29 is 14.7 Å². The average Bonchev–Trinajstić information content (AvgIpc) is 3.28. The number of aromatic amines is 1. The monoisotopic (exact) mass is 497 g/mol. The number of amides is 1. The maximum atomic E-state index is 13.6. The Bertz CT molecular complexity index is 1340. The zero-order chi connectivity index (χ0) is 25.7. The quantitative estimate of drug-likeness (QED) is 0.335. The van der Waals surface area contributed by atoms with Gasteiger partial charge in [-0.25, -0.2) is 9.78 Å². The molecular weight excluding hydrogens is 462 g/mol. The number of anilines is 1. The summed E-state index contributed by atoms with van der Waals surface area (Å²) < 4.78 is 0. The van der Waals surface area contributed by atoms with E-state index < -0.39 is 5.97 Å². The fourth-order valence-corrected chi connectivity index (χ4v) is 7.91. The Balaban J connectivity index is 1.30. The van der Waals surface area contributed by atoms with Gasteiger partial charge in [0, 0.05) is 16.9 Å². The van der Waals surface area contributed by atoms with Gasteiger partial charge in [0.2, 0.25) is 0 Å². The van der Waals surface area contributed by atoms with E-state index in [-0.39, 0.29) is 11.5 Å². The van der Waals surface area contributed by atoms with Crippen LogP contribution in [0.3, 0.4) is 0 Å². The summed E-state index contributed by atoms with van der Waals surface area (Å²) in [5, 5.41) is 12.4. The molecule has 0 unspecified atom stereocenters. The molecule has 0 atom stereocenters. The fraction of sp³-hybridized carbons (Fsp3) is 0.452. The van der Waals surface area contributed by atoms with Crippen molar-refractivity contribution >= 4 is 17.6 Å². The molecule has 0 radical (unpaired) electrons. The third kappa shape index (κ3) is 4.47. The van der Waals surface area contributed by atoms with Gasteiger partial charge in [0.05, 0.1) is 5.56 Å². The molecule has 3 N–H and O–H groups in total. The number of H-pyrrole nitrogens is 1. The number of imidazole rings is 1. The molecule has 0 spiro atoms. The molecule has 0 saturated heterocycles. The zero-order valence-electron chi connectivity index (χ0n) is 21.6. The van der Waals surface area contributed by atoms with Crippen LogP contribution in [0.4, 0.5) is 5.69 Å². The number of aromatic nitrogens is 2. The molecule has 192 valence electrons. The summed E-state index contributed by atoms with van der Waals surface area (Å²) in [6.45, 7) is 3.77. The summed E-state index contributed by atoms with van der Waals surface area (Å²) >= 11 is 0. The largest absolute Gasteiger partial charge is 0.478 e. The zero-order valence-corrected chi connectivity index (χ0v) is 21.6. The molecule has 6 nitrogen and oxygen atoms in total. The first-order valence-electron chi connectivity index (χ1n) is 13.6. The highest BCUT2D eigenvalue weighted by atomic mass is 16.4. The molecule has 1 amide bonds. The van der Waals surface area contributed by atoms with E-state index in [4.69, 9.17) is 4.98 Å². The summed E-state index contributed by atoms with van der Waals surface area (Å²) in [6, 6.07) is 13.0. The molecule has 1 heterocycles. The highest BCUT2D eigenvalue weighted by Crippen LogP contribution is 2.61. The van der Waals surface area contributed by atoms with Gasteiger partial charge in [0.25, 0.3) is 5.91 Å². The van der Waals surface area contributed by atoms with Crippen LogP contribution in [0.5, 0.6) is 0 Å². The Morgan fingerprint density at radius 3 is 2.32 bits per heavy atom. The van der Waals surface area contributed by atoms with Crippen molar-refractivity contribution in [3.05, 3.63) is 70.5 Å². The number of nitrogens with one attached hydrogen (secondary N) is 2. The van der Waals surface area contributed by atoms with E-state index in [1.165, 1.54) is 38.5 Å². The smallest absolute Gasteiger partial charge is 0.336 e. The van der Waals surface area contributed by atoms with Crippen molar-refractivity contribution in [1.82, 2.24) is 9.97 Å². The molecule has 4 aliphatic rings. The van der Waals surface area contributed by atoms with Gasteiger partial charge in [-0.3, -0.25) is 4.79 Å². The van der Waals surface area contributed by atoms with Crippen molar-refractivity contribution in [3.63, 3.8) is 0 Å². The molecule has 4 saturated carbocycles. The Morgan fingerprint density at radius 1 is 1.00 bits per heavy atom. The van der Waals surface area contributed by atoms with E-state index in [0.29, 0.717) is 28.2 Å². The van der Waals surface area contributed by atoms with E-state index >= 15 is 0 Å². The lowest BCUT2D eigenvalue weighted by atomic mass is 9.48. The number of carbonyl (C=O) groups excluding carboxylic acids is 1. The summed E-state index contributed by atoms with van der Waals surface area (Å²) in [5.41, 5.74) is 4.99. The number of carboxylic acid groups (broad SMARTS) is 1. The van der Waals surface area contributed by atoms with Crippen LogP contribution in [0.1, 0.15) is 82.6 Å². The highest BCUT2D eigenvalue weighted by Gasteiger charge is 2.50. The number of nitrogens with zero attached hydrogens (tertiary/aromatic N) is 1. The lowest BCUT2D eigenvalue weighted by Gasteiger charge is -2.57. The minimum atomic E-state index is -1.01. The number of aromatic carboxylic acids is 1. The van der Waals surface area contributed by atoms with Crippen LogP contribution in [0.15, 0.2) is 42.5 Å². The molecule has 4 bridgehead atoms. The van der Waals surface area contributed by atoms with Crippen LogP contribution in [0, 0.1) is 37.0 Å². The predicted octanol–water partition coefficient (Wildman–Crippen LogP) is 6.79. The molecular formula is C31H35N3O3. The highest BCUT2D eigenvalue weighted by molar-refractivity contribution is 6.05. The number of hydrogen-bond donors (Lipinski definition) is 3. The fourth-order valence-electron chi connectivity index (χ4n) is 7.91. The van der Waals surface area contributed by atoms with Gasteiger partial charge in [-0.1, -0.05) is 30.3 Å². The van der Waals surface area contributed by atoms with Crippen LogP contribution in [0.2, 0.25) is 0 Å². The molecule has 2 aromatic carbocycles. The maximum absolute atomic E-state index is 13.6. The first-order valence-corrected chi connectivity index (χ1v) is 13.6. The van der Waals surface area contributed by atoms with Gasteiger partial charge in [-0.05, 0) is 112 Å². The van der Waals surface area contributed by atoms with Crippen LogP contribution in [-0.2, 0) is 6.42 Å². The molecule has 4 aliphatic carbocycles. The Kier molecular flexibility index (Phi) is 5.93. The summed E-state index contributed by atoms with van der Waals surface area (Å²) in [7, 11) is 0. The average molecular weight is 498 g/mol. The topological polar surface area (TPSA) is 95.1 Å². The molecule has 7 rings (SSSR count). The van der Waals surface area contributed by atoms with Crippen molar-refractivity contribution in [2.75, 3.05) is 5.32 Å². The van der Waals surface area contributed by atoms with E-state index in [9.17, 15) is 14.7 Å². The van der Waals surface area contributed by atoms with E-state index in [2.05, 4.69) is 10.3 Å². The third-order valence-corrected chi connectivity index (χ3v) is 9.28. The van der Waals surface area contributed by atoms with Crippen molar-refractivity contribution in [2.45, 2.75) is 65.2 Å². The SMILES string of the molecule is Cc1ccccc1-c1nc(C(=O)Nc2cccc(C(=O)O)c2C)c(CCC23CC4CC(CC(C4)C2)C3)[nH]1. The van der Waals surface area contributed by atoms with Crippen LogP contribution >= 0.6 is 0 Å². The minimum Gasteiger partial charge on any atom is -0.478 e. The summed E-state index contributed by atoms with van der Waals surface area (Å²) in [5.74, 6) is 2.07. The number of rotatable bonds is 7. The van der Waals surface area contributed by atoms with Crippen LogP contribution in [-0.4, -0.2) is 27.0 Å². The molecule has 6 heteroatoms. The minimum absolute atomic E-state index is 0.183. The van der Waals surface area contributed by atoms with Crippen molar-refractivity contribution in [1.29, 1.82) is 0 Å². The van der Waals surface area contributed by atoms with Crippen molar-refractivity contribution in [3.8, 4) is 11.4 Å². The van der Waals surface area contributed by atoms with Gasteiger partial charge in [-0.15, -0.1) is 0 Å². The predicted molar refractivity (Wildman–Crippen MR) is 144 cm³/mol. The summed E-state index contributed by atoms with van der Waals surface area (Å²) in [4.78, 5) is 33.5. The second-order valence-electron chi connectivity index (χ2n) is 11.9. The van der Waals surface area contributed by atoms with E-state index in [1.807, 2.05) is 31.2 Å². The number of benzene rings is 2. The van der Waals surface area contributed by atoms with Gasteiger partial charge in [0.1, 0.15) is 11.5 Å².